The van der Waals surface area contributed by atoms with Crippen molar-refractivity contribution in [1.82, 2.24) is 0 Å². The van der Waals surface area contributed by atoms with Crippen molar-refractivity contribution in [3.05, 3.63) is 54.1 Å². The molecule has 0 atom stereocenters. The lowest BCUT2D eigenvalue weighted by Gasteiger charge is -2.08. The number of benzene rings is 2. The molecule has 8 heteroatoms. The van der Waals surface area contributed by atoms with Gasteiger partial charge in [0.05, 0.1) is 5.75 Å². The van der Waals surface area contributed by atoms with Crippen LogP contribution in [0.3, 0.4) is 0 Å². The molecule has 0 spiro atoms. The van der Waals surface area contributed by atoms with Crippen LogP contribution < -0.4 is 10.1 Å². The third-order valence-electron chi connectivity index (χ3n) is 2.62. The highest BCUT2D eigenvalue weighted by molar-refractivity contribution is 8.00. The van der Waals surface area contributed by atoms with Gasteiger partial charge < -0.3 is 10.1 Å². The third kappa shape index (κ3) is 5.48. The number of amides is 1. The Bertz CT molecular complexity index is 680. The van der Waals surface area contributed by atoms with Crippen molar-refractivity contribution in [2.24, 2.45) is 0 Å². The molecule has 122 valence electrons. The van der Waals surface area contributed by atoms with Crippen molar-refractivity contribution in [2.75, 3.05) is 11.1 Å². The van der Waals surface area contributed by atoms with E-state index in [9.17, 15) is 22.4 Å². The summed E-state index contributed by atoms with van der Waals surface area (Å²) in [6.45, 7) is -2.92. The predicted molar refractivity (Wildman–Crippen MR) is 78.8 cm³/mol. The van der Waals surface area contributed by atoms with Crippen LogP contribution in [0.2, 0.25) is 0 Å². The highest BCUT2D eigenvalue weighted by Crippen LogP contribution is 2.23. The molecule has 1 amide bonds. The number of carbonyl (C=O) groups excluding carboxylic acids is 1. The Kier molecular flexibility index (Phi) is 5.86. The SMILES string of the molecule is O=C(CSc1cc(F)ccc1F)Nc1ccc(OC(F)F)cc1. The first-order valence-electron chi connectivity index (χ1n) is 6.36. The van der Waals surface area contributed by atoms with Crippen LogP contribution in [-0.4, -0.2) is 18.3 Å². The van der Waals surface area contributed by atoms with Crippen LogP contribution in [0.1, 0.15) is 0 Å². The zero-order valence-electron chi connectivity index (χ0n) is 11.6. The smallest absolute Gasteiger partial charge is 0.387 e. The van der Waals surface area contributed by atoms with Gasteiger partial charge in [-0.3, -0.25) is 4.79 Å². The number of ether oxygens (including phenoxy) is 1. The second-order valence-corrected chi connectivity index (χ2v) is 5.33. The van der Waals surface area contributed by atoms with Crippen molar-refractivity contribution >= 4 is 23.4 Å². The summed E-state index contributed by atoms with van der Waals surface area (Å²) in [6.07, 6.45) is 0. The lowest BCUT2D eigenvalue weighted by molar-refractivity contribution is -0.113. The molecule has 2 aromatic rings. The number of carbonyl (C=O) groups is 1. The Morgan fingerprint density at radius 3 is 2.48 bits per heavy atom. The summed E-state index contributed by atoms with van der Waals surface area (Å²) in [5, 5.41) is 2.51. The molecule has 0 saturated carbocycles. The molecule has 0 unspecified atom stereocenters. The van der Waals surface area contributed by atoms with Crippen LogP contribution in [0.5, 0.6) is 5.75 Å². The quantitative estimate of drug-likeness (QED) is 0.627. The van der Waals surface area contributed by atoms with E-state index >= 15 is 0 Å². The number of alkyl halides is 2. The van der Waals surface area contributed by atoms with Crippen LogP contribution in [0.4, 0.5) is 23.2 Å². The number of rotatable bonds is 6. The maximum absolute atomic E-state index is 13.4. The molecule has 2 rings (SSSR count). The Labute approximate surface area is 133 Å². The first-order chi connectivity index (χ1) is 10.9. The van der Waals surface area contributed by atoms with Gasteiger partial charge in [-0.05, 0) is 42.5 Å². The number of anilines is 1. The van der Waals surface area contributed by atoms with Gasteiger partial charge in [-0.25, -0.2) is 8.78 Å². The molecule has 0 fully saturated rings. The summed E-state index contributed by atoms with van der Waals surface area (Å²) in [5.41, 5.74) is 0.372. The van der Waals surface area contributed by atoms with E-state index in [1.807, 2.05) is 0 Å². The van der Waals surface area contributed by atoms with Gasteiger partial charge in [0.1, 0.15) is 17.4 Å². The predicted octanol–water partition coefficient (Wildman–Crippen LogP) is 4.30. The van der Waals surface area contributed by atoms with Gasteiger partial charge in [-0.1, -0.05) is 0 Å². The van der Waals surface area contributed by atoms with E-state index < -0.39 is 24.2 Å². The van der Waals surface area contributed by atoms with Crippen LogP contribution in [0, 0.1) is 11.6 Å². The highest BCUT2D eigenvalue weighted by atomic mass is 32.2. The fourth-order valence-corrected chi connectivity index (χ4v) is 2.41. The van der Waals surface area contributed by atoms with Crippen LogP contribution >= 0.6 is 11.8 Å². The molecule has 1 N–H and O–H groups in total. The van der Waals surface area contributed by atoms with Gasteiger partial charge in [0.2, 0.25) is 5.91 Å². The molecule has 3 nitrogen and oxygen atoms in total. The monoisotopic (exact) mass is 345 g/mol. The molecule has 23 heavy (non-hydrogen) atoms. The minimum Gasteiger partial charge on any atom is -0.435 e. The fraction of sp³-hybridized carbons (Fsp3) is 0.133. The van der Waals surface area contributed by atoms with E-state index in [1.54, 1.807) is 0 Å². The van der Waals surface area contributed by atoms with Crippen LogP contribution in [-0.2, 0) is 4.79 Å². The maximum atomic E-state index is 13.4. The molecule has 0 bridgehead atoms. The van der Waals surface area contributed by atoms with Crippen LogP contribution in [0.25, 0.3) is 0 Å². The fourth-order valence-electron chi connectivity index (χ4n) is 1.65. The van der Waals surface area contributed by atoms with Gasteiger partial charge in [0, 0.05) is 10.6 Å². The molecule has 0 aliphatic rings. The second kappa shape index (κ2) is 7.87. The standard InChI is InChI=1S/C15H11F4NO2S/c16-9-1-6-12(17)13(7-9)23-8-14(21)20-10-2-4-11(5-3-10)22-15(18)19/h1-7,15H,8H2,(H,20,21). The third-order valence-corrected chi connectivity index (χ3v) is 3.65. The van der Waals surface area contributed by atoms with Crippen molar-refractivity contribution in [3.63, 3.8) is 0 Å². The summed E-state index contributed by atoms with van der Waals surface area (Å²) in [5.74, 6) is -1.81. The molecular formula is C15H11F4NO2S. The minimum absolute atomic E-state index is 0.0285. The minimum atomic E-state index is -2.92. The summed E-state index contributed by atoms with van der Waals surface area (Å²) in [7, 11) is 0. The number of hydrogen-bond donors (Lipinski definition) is 1. The van der Waals surface area contributed by atoms with Crippen LogP contribution in [0.15, 0.2) is 47.4 Å². The van der Waals surface area contributed by atoms with E-state index in [-0.39, 0.29) is 16.4 Å². The van der Waals surface area contributed by atoms with E-state index in [0.29, 0.717) is 5.69 Å². The molecule has 0 saturated heterocycles. The molecule has 0 aliphatic carbocycles. The van der Waals surface area contributed by atoms with Crippen molar-refractivity contribution < 1.29 is 27.1 Å². The number of nitrogens with one attached hydrogen (secondary N) is 1. The zero-order chi connectivity index (χ0) is 16.8. The molecule has 0 aliphatic heterocycles. The summed E-state index contributed by atoms with van der Waals surface area (Å²) >= 11 is 0.849. The highest BCUT2D eigenvalue weighted by Gasteiger charge is 2.09. The van der Waals surface area contributed by atoms with Crippen molar-refractivity contribution in [2.45, 2.75) is 11.5 Å². The van der Waals surface area contributed by atoms with E-state index in [0.717, 1.165) is 30.0 Å². The molecular weight excluding hydrogens is 334 g/mol. The number of hydrogen-bond acceptors (Lipinski definition) is 3. The van der Waals surface area contributed by atoms with Crippen molar-refractivity contribution in [3.8, 4) is 5.75 Å². The first kappa shape index (κ1) is 17.1. The van der Waals surface area contributed by atoms with Crippen molar-refractivity contribution in [1.29, 1.82) is 0 Å². The summed E-state index contributed by atoms with van der Waals surface area (Å²) in [6, 6.07) is 8.32. The van der Waals surface area contributed by atoms with Gasteiger partial charge in [-0.15, -0.1) is 11.8 Å². The molecule has 2 aromatic carbocycles. The average Bonchev–Trinajstić information content (AvgIpc) is 2.50. The lowest BCUT2D eigenvalue weighted by atomic mass is 10.3. The van der Waals surface area contributed by atoms with Gasteiger partial charge in [-0.2, -0.15) is 8.78 Å². The molecule has 0 aromatic heterocycles. The first-order valence-corrected chi connectivity index (χ1v) is 7.35. The second-order valence-electron chi connectivity index (χ2n) is 4.31. The largest absolute Gasteiger partial charge is 0.435 e. The van der Waals surface area contributed by atoms with Gasteiger partial charge in [0.15, 0.2) is 0 Å². The van der Waals surface area contributed by atoms with E-state index in [4.69, 9.17) is 0 Å². The number of halogens is 4. The normalized spacial score (nSPS) is 10.7. The summed E-state index contributed by atoms with van der Waals surface area (Å²) in [4.78, 5) is 11.8. The summed E-state index contributed by atoms with van der Waals surface area (Å²) < 4.78 is 54.6. The Balaban J connectivity index is 1.88. The topological polar surface area (TPSA) is 38.3 Å². The van der Waals surface area contributed by atoms with E-state index in [1.165, 1.54) is 24.3 Å². The Morgan fingerprint density at radius 2 is 1.83 bits per heavy atom. The van der Waals surface area contributed by atoms with Gasteiger partial charge in [0.25, 0.3) is 0 Å². The Morgan fingerprint density at radius 1 is 1.13 bits per heavy atom. The van der Waals surface area contributed by atoms with Gasteiger partial charge >= 0.3 is 6.61 Å². The molecule has 0 heterocycles. The lowest BCUT2D eigenvalue weighted by Crippen LogP contribution is -2.14. The average molecular weight is 345 g/mol. The zero-order valence-corrected chi connectivity index (χ0v) is 12.4. The Hall–Kier alpha value is -2.22. The number of thioether (sulfide) groups is 1. The van der Waals surface area contributed by atoms with E-state index in [2.05, 4.69) is 10.1 Å². The maximum Gasteiger partial charge on any atom is 0.387 e. The molecule has 0 radical (unpaired) electrons.